The lowest BCUT2D eigenvalue weighted by Crippen LogP contribution is -2.29. The zero-order valence-electron chi connectivity index (χ0n) is 36.8. The predicted molar refractivity (Wildman–Crippen MR) is 233 cm³/mol. The van der Waals surface area contributed by atoms with Crippen LogP contribution in [0.2, 0.25) is 0 Å². The van der Waals surface area contributed by atoms with Gasteiger partial charge in [-0.15, -0.1) is 0 Å². The molecule has 0 aromatic heterocycles. The first-order valence-electron chi connectivity index (χ1n) is 23.6. The van der Waals surface area contributed by atoms with Crippen LogP contribution >= 0.6 is 7.82 Å². The predicted octanol–water partition coefficient (Wildman–Crippen LogP) is 12.8. The maximum absolute atomic E-state index is 12.6. The lowest BCUT2D eigenvalue weighted by molar-refractivity contribution is -0.161. The Balaban J connectivity index is 4.19. The van der Waals surface area contributed by atoms with Gasteiger partial charge in [0.2, 0.25) is 0 Å². The van der Waals surface area contributed by atoms with Crippen molar-refractivity contribution >= 4 is 19.8 Å². The average Bonchev–Trinajstić information content (AvgIpc) is 3.20. The first kappa shape index (κ1) is 55.7. The van der Waals surface area contributed by atoms with Crippen molar-refractivity contribution in [3.05, 3.63) is 12.2 Å². The van der Waals surface area contributed by atoms with Gasteiger partial charge in [-0.2, -0.15) is 0 Å². The summed E-state index contributed by atoms with van der Waals surface area (Å²) in [6.45, 7) is 2.41. The van der Waals surface area contributed by atoms with Crippen molar-refractivity contribution < 1.29 is 47.8 Å². The standard InChI is InChI=1S/C46H89O10P/c1-3-5-7-9-11-13-15-17-19-20-21-22-24-25-27-29-31-33-35-37-45(49)53-41-44(42-55-57(51,52)54-40-43(48)39-47)56-46(50)38-36-34-32-30-28-26-23-18-16-14-12-10-8-6-4-2/h17,19,43-44,47-48H,3-16,18,20-42H2,1-2H3,(H,51,52)/b19-17+/t43-,44+/m0/s1. The van der Waals surface area contributed by atoms with Crippen LogP contribution in [0.1, 0.15) is 232 Å². The second-order valence-corrected chi connectivity index (χ2v) is 17.6. The molecule has 0 rings (SSSR count). The van der Waals surface area contributed by atoms with Gasteiger partial charge in [0.1, 0.15) is 12.7 Å². The van der Waals surface area contributed by atoms with Crippen molar-refractivity contribution in [1.82, 2.24) is 0 Å². The molecule has 3 atom stereocenters. The SMILES string of the molecule is CCCCCCCC/C=C/CCCCCCCCCCCC(=O)OC[C@H](COP(=O)(O)OC[C@@H](O)CO)OC(=O)CCCCCCCCCCCCCCCCC. The van der Waals surface area contributed by atoms with Crippen LogP contribution in [-0.4, -0.2) is 65.7 Å². The third-order valence-corrected chi connectivity index (χ3v) is 11.4. The summed E-state index contributed by atoms with van der Waals surface area (Å²) < 4.78 is 32.8. The molecule has 1 unspecified atom stereocenters. The lowest BCUT2D eigenvalue weighted by atomic mass is 10.0. The smallest absolute Gasteiger partial charge is 0.462 e. The summed E-state index contributed by atoms with van der Waals surface area (Å²) in [7, 11) is -4.61. The van der Waals surface area contributed by atoms with Gasteiger partial charge >= 0.3 is 19.8 Å². The van der Waals surface area contributed by atoms with E-state index in [4.69, 9.17) is 23.6 Å². The van der Waals surface area contributed by atoms with Crippen molar-refractivity contribution in [3.8, 4) is 0 Å². The van der Waals surface area contributed by atoms with Crippen LogP contribution in [0.15, 0.2) is 12.2 Å². The largest absolute Gasteiger partial charge is 0.472 e. The Bertz CT molecular complexity index is 961. The molecular formula is C46H89O10P. The number of aliphatic hydroxyl groups excluding tert-OH is 2. The minimum Gasteiger partial charge on any atom is -0.462 e. The molecule has 0 heterocycles. The van der Waals surface area contributed by atoms with Crippen LogP contribution in [0.25, 0.3) is 0 Å². The van der Waals surface area contributed by atoms with E-state index in [9.17, 15) is 24.2 Å². The van der Waals surface area contributed by atoms with E-state index in [2.05, 4.69) is 26.0 Å². The minimum absolute atomic E-state index is 0.190. The Labute approximate surface area is 349 Å². The highest BCUT2D eigenvalue weighted by Gasteiger charge is 2.27. The number of carbonyl (C=O) groups is 2. The molecule has 0 radical (unpaired) electrons. The van der Waals surface area contributed by atoms with Crippen molar-refractivity contribution in [2.24, 2.45) is 0 Å². The topological polar surface area (TPSA) is 149 Å². The van der Waals surface area contributed by atoms with Crippen LogP contribution in [0, 0.1) is 0 Å². The molecular weight excluding hydrogens is 743 g/mol. The Morgan fingerprint density at radius 1 is 0.509 bits per heavy atom. The van der Waals surface area contributed by atoms with Crippen molar-refractivity contribution in [3.63, 3.8) is 0 Å². The number of ether oxygens (including phenoxy) is 2. The third kappa shape index (κ3) is 42.6. The number of esters is 2. The molecule has 338 valence electrons. The fourth-order valence-electron chi connectivity index (χ4n) is 6.75. The van der Waals surface area contributed by atoms with Crippen LogP contribution in [0.4, 0.5) is 0 Å². The molecule has 0 aromatic carbocycles. The highest BCUT2D eigenvalue weighted by atomic mass is 31.2. The van der Waals surface area contributed by atoms with E-state index in [1.165, 1.54) is 154 Å². The summed E-state index contributed by atoms with van der Waals surface area (Å²) in [6, 6.07) is 0. The second-order valence-electron chi connectivity index (χ2n) is 16.1. The fraction of sp³-hybridized carbons (Fsp3) is 0.913. The first-order chi connectivity index (χ1) is 27.7. The number of aliphatic hydroxyl groups is 2. The molecule has 3 N–H and O–H groups in total. The van der Waals surface area contributed by atoms with Crippen LogP contribution in [0.3, 0.4) is 0 Å². The van der Waals surface area contributed by atoms with Crippen LogP contribution in [0.5, 0.6) is 0 Å². The average molecular weight is 833 g/mol. The molecule has 10 nitrogen and oxygen atoms in total. The molecule has 0 aromatic rings. The Morgan fingerprint density at radius 3 is 1.26 bits per heavy atom. The summed E-state index contributed by atoms with van der Waals surface area (Å²) in [5, 5.41) is 18.4. The maximum Gasteiger partial charge on any atom is 0.472 e. The van der Waals surface area contributed by atoms with E-state index in [1.807, 2.05) is 0 Å². The molecule has 0 aliphatic heterocycles. The molecule has 0 saturated heterocycles. The van der Waals surface area contributed by atoms with E-state index >= 15 is 0 Å². The van der Waals surface area contributed by atoms with E-state index in [0.717, 1.165) is 38.5 Å². The van der Waals surface area contributed by atoms with Gasteiger partial charge in [-0.3, -0.25) is 18.6 Å². The molecule has 0 spiro atoms. The first-order valence-corrected chi connectivity index (χ1v) is 25.1. The van der Waals surface area contributed by atoms with Gasteiger partial charge < -0.3 is 24.6 Å². The third-order valence-electron chi connectivity index (χ3n) is 10.4. The van der Waals surface area contributed by atoms with Gasteiger partial charge in [-0.1, -0.05) is 193 Å². The van der Waals surface area contributed by atoms with E-state index in [0.29, 0.717) is 12.8 Å². The maximum atomic E-state index is 12.6. The Hall–Kier alpha value is -1.29. The van der Waals surface area contributed by atoms with E-state index in [1.54, 1.807) is 0 Å². The number of phosphoric acid groups is 1. The number of unbranched alkanes of at least 4 members (excludes halogenated alkanes) is 29. The second kappa shape index (κ2) is 42.8. The molecule has 0 aliphatic carbocycles. The Morgan fingerprint density at radius 2 is 0.860 bits per heavy atom. The molecule has 0 fully saturated rings. The summed E-state index contributed by atoms with van der Waals surface area (Å²) in [5.74, 6) is -0.914. The van der Waals surface area contributed by atoms with E-state index in [-0.39, 0.29) is 19.4 Å². The van der Waals surface area contributed by atoms with Gasteiger partial charge in [0, 0.05) is 12.8 Å². The van der Waals surface area contributed by atoms with E-state index < -0.39 is 51.8 Å². The zero-order chi connectivity index (χ0) is 41.9. The fourth-order valence-corrected chi connectivity index (χ4v) is 7.54. The summed E-state index contributed by atoms with van der Waals surface area (Å²) >= 11 is 0. The minimum atomic E-state index is -4.61. The van der Waals surface area contributed by atoms with Crippen LogP contribution in [-0.2, 0) is 32.7 Å². The number of carbonyl (C=O) groups excluding carboxylic acids is 2. The van der Waals surface area contributed by atoms with Crippen molar-refractivity contribution in [2.75, 3.05) is 26.4 Å². The van der Waals surface area contributed by atoms with Gasteiger partial charge in [0.25, 0.3) is 0 Å². The van der Waals surface area contributed by atoms with Crippen LogP contribution < -0.4 is 0 Å². The summed E-state index contributed by atoms with van der Waals surface area (Å²) in [4.78, 5) is 35.1. The quantitative estimate of drug-likeness (QED) is 0.0234. The zero-order valence-corrected chi connectivity index (χ0v) is 37.7. The van der Waals surface area contributed by atoms with Gasteiger partial charge in [-0.25, -0.2) is 4.57 Å². The number of phosphoric ester groups is 1. The van der Waals surface area contributed by atoms with Crippen molar-refractivity contribution in [2.45, 2.75) is 244 Å². The molecule has 0 saturated carbocycles. The molecule has 0 aliphatic rings. The van der Waals surface area contributed by atoms with Crippen molar-refractivity contribution in [1.29, 1.82) is 0 Å². The molecule has 0 amide bonds. The number of hydrogen-bond acceptors (Lipinski definition) is 9. The van der Waals surface area contributed by atoms with Gasteiger partial charge in [0.15, 0.2) is 6.10 Å². The summed E-state index contributed by atoms with van der Waals surface area (Å²) in [6.07, 6.45) is 41.7. The number of hydrogen-bond donors (Lipinski definition) is 3. The van der Waals surface area contributed by atoms with Gasteiger partial charge in [-0.05, 0) is 38.5 Å². The molecule has 0 bridgehead atoms. The number of rotatable bonds is 45. The lowest BCUT2D eigenvalue weighted by Gasteiger charge is -2.20. The normalized spacial score (nSPS) is 13.8. The number of allylic oxidation sites excluding steroid dienone is 2. The highest BCUT2D eigenvalue weighted by Crippen LogP contribution is 2.43. The highest BCUT2D eigenvalue weighted by molar-refractivity contribution is 7.47. The van der Waals surface area contributed by atoms with Gasteiger partial charge in [0.05, 0.1) is 19.8 Å². The Kier molecular flexibility index (Phi) is 41.9. The monoisotopic (exact) mass is 833 g/mol. The molecule has 57 heavy (non-hydrogen) atoms. The molecule has 11 heteroatoms. The summed E-state index contributed by atoms with van der Waals surface area (Å²) in [5.41, 5.74) is 0.